The topological polar surface area (TPSA) is 61.9 Å². The van der Waals surface area contributed by atoms with Gasteiger partial charge in [-0.1, -0.05) is 0 Å². The maximum Gasteiger partial charge on any atom is 0.254 e. The predicted molar refractivity (Wildman–Crippen MR) is 88.6 cm³/mol. The molecule has 2 saturated heterocycles. The minimum atomic E-state index is -0.436. The molecule has 7 heteroatoms. The van der Waals surface area contributed by atoms with Gasteiger partial charge in [-0.05, 0) is 24.4 Å². The summed E-state index contributed by atoms with van der Waals surface area (Å²) >= 11 is 1.53. The highest BCUT2D eigenvalue weighted by molar-refractivity contribution is 7.08. The number of nitrogens with zero attached hydrogens (tertiary/aromatic N) is 2. The molecule has 1 aromatic rings. The van der Waals surface area contributed by atoms with Crippen LogP contribution in [0.4, 0.5) is 0 Å². The molecule has 0 spiro atoms. The first kappa shape index (κ1) is 16.4. The van der Waals surface area contributed by atoms with Crippen LogP contribution in [0.1, 0.15) is 16.8 Å². The third-order valence-electron chi connectivity index (χ3n) is 4.74. The highest BCUT2D eigenvalue weighted by Gasteiger charge is 2.44. The fourth-order valence-electron chi connectivity index (χ4n) is 3.40. The predicted octanol–water partition coefficient (Wildman–Crippen LogP) is 0.659. The van der Waals surface area contributed by atoms with E-state index < -0.39 is 5.41 Å². The van der Waals surface area contributed by atoms with E-state index in [4.69, 9.17) is 4.74 Å². The van der Waals surface area contributed by atoms with Gasteiger partial charge in [-0.2, -0.15) is 11.3 Å². The van der Waals surface area contributed by atoms with Crippen molar-refractivity contribution in [2.75, 3.05) is 53.0 Å². The molecule has 2 aliphatic rings. The SMILES string of the molecule is COCC1(C(=O)N2CCN(C(=O)c3ccsc3)CC2)CCNC1. The van der Waals surface area contributed by atoms with Gasteiger partial charge in [0.05, 0.1) is 17.6 Å². The first-order valence-electron chi connectivity index (χ1n) is 7.97. The number of piperazine rings is 1. The number of hydrogen-bond acceptors (Lipinski definition) is 5. The monoisotopic (exact) mass is 337 g/mol. The van der Waals surface area contributed by atoms with Crippen molar-refractivity contribution in [1.82, 2.24) is 15.1 Å². The van der Waals surface area contributed by atoms with Crippen molar-refractivity contribution in [2.24, 2.45) is 5.41 Å². The lowest BCUT2D eigenvalue weighted by Crippen LogP contribution is -2.55. The van der Waals surface area contributed by atoms with Crippen LogP contribution in [0, 0.1) is 5.41 Å². The summed E-state index contributed by atoms with van der Waals surface area (Å²) in [6.45, 7) is 4.36. The molecular weight excluding hydrogens is 314 g/mol. The lowest BCUT2D eigenvalue weighted by molar-refractivity contribution is -0.145. The van der Waals surface area contributed by atoms with Crippen molar-refractivity contribution in [2.45, 2.75) is 6.42 Å². The first-order valence-corrected chi connectivity index (χ1v) is 8.91. The zero-order chi connectivity index (χ0) is 16.3. The average Bonchev–Trinajstić information content (AvgIpc) is 3.26. The van der Waals surface area contributed by atoms with Crippen molar-refractivity contribution in [3.63, 3.8) is 0 Å². The van der Waals surface area contributed by atoms with E-state index in [0.29, 0.717) is 39.3 Å². The highest BCUT2D eigenvalue weighted by Crippen LogP contribution is 2.29. The Hall–Kier alpha value is -1.44. The summed E-state index contributed by atoms with van der Waals surface area (Å²) in [5.74, 6) is 0.222. The summed E-state index contributed by atoms with van der Waals surface area (Å²) in [7, 11) is 1.64. The number of carbonyl (C=O) groups is 2. The summed E-state index contributed by atoms with van der Waals surface area (Å²) in [5.41, 5.74) is 0.305. The standard InChI is InChI=1S/C16H23N3O3S/c1-22-12-16(3-4-17-11-16)15(21)19-7-5-18(6-8-19)14(20)13-2-9-23-10-13/h2,9-10,17H,3-8,11-12H2,1H3. The van der Waals surface area contributed by atoms with E-state index in [1.54, 1.807) is 7.11 Å². The summed E-state index contributed by atoms with van der Waals surface area (Å²) < 4.78 is 5.30. The molecular formula is C16H23N3O3S. The Morgan fingerprint density at radius 2 is 2.04 bits per heavy atom. The van der Waals surface area contributed by atoms with E-state index in [1.165, 1.54) is 11.3 Å². The number of hydrogen-bond donors (Lipinski definition) is 1. The Bertz CT molecular complexity index is 547. The summed E-state index contributed by atoms with van der Waals surface area (Å²) in [6.07, 6.45) is 0.813. The van der Waals surface area contributed by atoms with E-state index >= 15 is 0 Å². The Balaban J connectivity index is 1.60. The summed E-state index contributed by atoms with van der Waals surface area (Å²) in [4.78, 5) is 29.0. The Morgan fingerprint density at radius 3 is 2.61 bits per heavy atom. The number of carbonyl (C=O) groups excluding carboxylic acids is 2. The molecule has 2 amide bonds. The van der Waals surface area contributed by atoms with Gasteiger partial charge in [-0.25, -0.2) is 0 Å². The van der Waals surface area contributed by atoms with Crippen LogP contribution in [0.5, 0.6) is 0 Å². The normalized spacial score (nSPS) is 24.9. The fraction of sp³-hybridized carbons (Fsp3) is 0.625. The molecule has 0 saturated carbocycles. The molecule has 1 atom stereocenters. The number of amides is 2. The quantitative estimate of drug-likeness (QED) is 0.877. The second-order valence-electron chi connectivity index (χ2n) is 6.24. The Labute approximate surface area is 140 Å². The number of methoxy groups -OCH3 is 1. The maximum absolute atomic E-state index is 12.9. The molecule has 1 aromatic heterocycles. The van der Waals surface area contributed by atoms with Gasteiger partial charge in [0.15, 0.2) is 0 Å². The minimum absolute atomic E-state index is 0.0625. The van der Waals surface area contributed by atoms with E-state index in [9.17, 15) is 9.59 Å². The van der Waals surface area contributed by atoms with Gasteiger partial charge >= 0.3 is 0 Å². The average molecular weight is 337 g/mol. The van der Waals surface area contributed by atoms with Crippen molar-refractivity contribution >= 4 is 23.2 Å². The molecule has 1 unspecified atom stereocenters. The zero-order valence-electron chi connectivity index (χ0n) is 13.4. The van der Waals surface area contributed by atoms with Gasteiger partial charge < -0.3 is 19.9 Å². The van der Waals surface area contributed by atoms with Crippen LogP contribution in [0.25, 0.3) is 0 Å². The molecule has 6 nitrogen and oxygen atoms in total. The maximum atomic E-state index is 12.9. The molecule has 0 radical (unpaired) electrons. The summed E-state index contributed by atoms with van der Waals surface area (Å²) in [5, 5.41) is 7.06. The minimum Gasteiger partial charge on any atom is -0.384 e. The third-order valence-corrected chi connectivity index (χ3v) is 5.42. The van der Waals surface area contributed by atoms with Crippen LogP contribution in [0.15, 0.2) is 16.8 Å². The molecule has 0 bridgehead atoms. The van der Waals surface area contributed by atoms with Gasteiger partial charge in [0.25, 0.3) is 5.91 Å². The van der Waals surface area contributed by atoms with Crippen LogP contribution in [-0.4, -0.2) is 74.6 Å². The number of thiophene rings is 1. The van der Waals surface area contributed by atoms with Gasteiger partial charge in [0.1, 0.15) is 0 Å². The molecule has 3 heterocycles. The second kappa shape index (κ2) is 6.98. The zero-order valence-corrected chi connectivity index (χ0v) is 14.2. The summed E-state index contributed by atoms with van der Waals surface area (Å²) in [6, 6.07) is 1.85. The van der Waals surface area contributed by atoms with Gasteiger partial charge in [0, 0.05) is 45.2 Å². The largest absolute Gasteiger partial charge is 0.384 e. The van der Waals surface area contributed by atoms with Gasteiger partial charge in [-0.15, -0.1) is 0 Å². The van der Waals surface area contributed by atoms with E-state index in [-0.39, 0.29) is 11.8 Å². The second-order valence-corrected chi connectivity index (χ2v) is 7.02. The Morgan fingerprint density at radius 1 is 1.30 bits per heavy atom. The molecule has 0 aromatic carbocycles. The van der Waals surface area contributed by atoms with Crippen molar-refractivity contribution in [3.05, 3.63) is 22.4 Å². The van der Waals surface area contributed by atoms with Crippen molar-refractivity contribution < 1.29 is 14.3 Å². The van der Waals surface area contributed by atoms with Gasteiger partial charge in [-0.3, -0.25) is 9.59 Å². The smallest absolute Gasteiger partial charge is 0.254 e. The molecule has 2 fully saturated rings. The number of rotatable bonds is 4. The number of ether oxygens (including phenoxy) is 1. The molecule has 23 heavy (non-hydrogen) atoms. The van der Waals surface area contributed by atoms with E-state index in [0.717, 1.165) is 18.5 Å². The number of nitrogens with one attached hydrogen (secondary N) is 1. The molecule has 3 rings (SSSR count). The molecule has 126 valence electrons. The van der Waals surface area contributed by atoms with E-state index in [1.807, 2.05) is 26.6 Å². The Kier molecular flexibility index (Phi) is 4.99. The van der Waals surface area contributed by atoms with Crippen LogP contribution in [0.2, 0.25) is 0 Å². The van der Waals surface area contributed by atoms with Crippen LogP contribution < -0.4 is 5.32 Å². The third kappa shape index (κ3) is 3.27. The highest BCUT2D eigenvalue weighted by atomic mass is 32.1. The molecule has 2 aliphatic heterocycles. The van der Waals surface area contributed by atoms with Crippen molar-refractivity contribution in [3.8, 4) is 0 Å². The lowest BCUT2D eigenvalue weighted by atomic mass is 9.86. The van der Waals surface area contributed by atoms with Crippen LogP contribution >= 0.6 is 11.3 Å². The first-order chi connectivity index (χ1) is 11.2. The lowest BCUT2D eigenvalue weighted by Gasteiger charge is -2.39. The molecule has 0 aliphatic carbocycles. The van der Waals surface area contributed by atoms with Crippen molar-refractivity contribution in [1.29, 1.82) is 0 Å². The fourth-order valence-corrected chi connectivity index (χ4v) is 4.03. The van der Waals surface area contributed by atoms with E-state index in [2.05, 4.69) is 5.32 Å². The van der Waals surface area contributed by atoms with Gasteiger partial charge in [0.2, 0.25) is 5.91 Å². The van der Waals surface area contributed by atoms with Crippen LogP contribution in [0.3, 0.4) is 0 Å². The van der Waals surface area contributed by atoms with Crippen LogP contribution in [-0.2, 0) is 9.53 Å². The molecule has 1 N–H and O–H groups in total.